The zero-order valence-corrected chi connectivity index (χ0v) is 9.20. The summed E-state index contributed by atoms with van der Waals surface area (Å²) in [5.41, 5.74) is 4.91. The van der Waals surface area contributed by atoms with Crippen molar-refractivity contribution in [3.8, 4) is 5.75 Å². The van der Waals surface area contributed by atoms with Gasteiger partial charge in [-0.15, -0.1) is 0 Å². The highest BCUT2D eigenvalue weighted by atomic mass is 35.5. The van der Waals surface area contributed by atoms with Gasteiger partial charge in [-0.25, -0.2) is 8.78 Å². The molecule has 0 fully saturated rings. The maximum atomic E-state index is 13.5. The van der Waals surface area contributed by atoms with Crippen LogP contribution in [0.1, 0.15) is 19.4 Å². The minimum atomic E-state index is -0.981. The molecule has 1 rings (SSSR count). The molecule has 0 unspecified atom stereocenters. The van der Waals surface area contributed by atoms with Crippen molar-refractivity contribution in [3.63, 3.8) is 0 Å². The Bertz CT molecular complexity index is 388. The van der Waals surface area contributed by atoms with Crippen molar-refractivity contribution in [1.29, 1.82) is 0 Å². The SMILES string of the molecule is CC(C)(N)Cc1c(O)cc(F)c(Cl)c1F. The minimum Gasteiger partial charge on any atom is -0.507 e. The first-order valence-electron chi connectivity index (χ1n) is 4.36. The predicted octanol–water partition coefficient (Wildman–Crippen LogP) is 2.60. The lowest BCUT2D eigenvalue weighted by Gasteiger charge is -2.19. The summed E-state index contributed by atoms with van der Waals surface area (Å²) in [6.07, 6.45) is 0.0741. The second-order valence-corrected chi connectivity index (χ2v) is 4.53. The smallest absolute Gasteiger partial charge is 0.151 e. The predicted molar refractivity (Wildman–Crippen MR) is 55.0 cm³/mol. The van der Waals surface area contributed by atoms with E-state index in [1.54, 1.807) is 13.8 Å². The minimum absolute atomic E-state index is 0.0612. The van der Waals surface area contributed by atoms with Gasteiger partial charge in [0.15, 0.2) is 5.82 Å². The van der Waals surface area contributed by atoms with Crippen molar-refractivity contribution in [2.24, 2.45) is 5.73 Å². The normalized spacial score (nSPS) is 11.9. The Labute approximate surface area is 91.7 Å². The molecule has 3 N–H and O–H groups in total. The molecular weight excluding hydrogens is 224 g/mol. The fourth-order valence-corrected chi connectivity index (χ4v) is 1.41. The summed E-state index contributed by atoms with van der Waals surface area (Å²) in [6.45, 7) is 3.34. The Kier molecular flexibility index (Phi) is 3.21. The molecule has 0 amide bonds. The lowest BCUT2D eigenvalue weighted by molar-refractivity contribution is 0.429. The Morgan fingerprint density at radius 3 is 2.47 bits per heavy atom. The number of halogens is 3. The quantitative estimate of drug-likeness (QED) is 0.774. The van der Waals surface area contributed by atoms with Crippen molar-refractivity contribution < 1.29 is 13.9 Å². The highest BCUT2D eigenvalue weighted by Crippen LogP contribution is 2.31. The fourth-order valence-electron chi connectivity index (χ4n) is 1.24. The van der Waals surface area contributed by atoms with E-state index in [2.05, 4.69) is 0 Å². The molecule has 84 valence electrons. The summed E-state index contributed by atoms with van der Waals surface area (Å²) >= 11 is 5.38. The van der Waals surface area contributed by atoms with Crippen molar-refractivity contribution >= 4 is 11.6 Å². The number of benzene rings is 1. The molecule has 0 aliphatic heterocycles. The largest absolute Gasteiger partial charge is 0.507 e. The van der Waals surface area contributed by atoms with Crippen LogP contribution in [0.15, 0.2) is 6.07 Å². The van der Waals surface area contributed by atoms with Crippen LogP contribution in [0, 0.1) is 11.6 Å². The van der Waals surface area contributed by atoms with Crippen molar-refractivity contribution in [3.05, 3.63) is 28.3 Å². The van der Waals surface area contributed by atoms with Crippen LogP contribution in [0.25, 0.3) is 0 Å². The van der Waals surface area contributed by atoms with E-state index in [0.29, 0.717) is 0 Å². The molecule has 0 saturated carbocycles. The second kappa shape index (κ2) is 3.94. The van der Waals surface area contributed by atoms with Gasteiger partial charge in [-0.05, 0) is 20.3 Å². The number of phenolic OH excluding ortho intramolecular Hbond substituents is 1. The van der Waals surface area contributed by atoms with Crippen molar-refractivity contribution in [2.75, 3.05) is 0 Å². The molecule has 0 spiro atoms. The molecule has 0 bridgehead atoms. The first-order valence-corrected chi connectivity index (χ1v) is 4.74. The van der Waals surface area contributed by atoms with Crippen LogP contribution in [0.4, 0.5) is 8.78 Å². The second-order valence-electron chi connectivity index (χ2n) is 4.15. The van der Waals surface area contributed by atoms with Gasteiger partial charge >= 0.3 is 0 Å². The van der Waals surface area contributed by atoms with Gasteiger partial charge in [0, 0.05) is 17.2 Å². The van der Waals surface area contributed by atoms with Crippen LogP contribution in [0.3, 0.4) is 0 Å². The highest BCUT2D eigenvalue weighted by molar-refractivity contribution is 6.31. The van der Waals surface area contributed by atoms with Gasteiger partial charge in [-0.2, -0.15) is 0 Å². The van der Waals surface area contributed by atoms with E-state index in [1.807, 2.05) is 0 Å². The summed E-state index contributed by atoms with van der Waals surface area (Å²) in [6, 6.07) is 0.784. The molecule has 1 aromatic carbocycles. The van der Waals surface area contributed by atoms with Gasteiger partial charge in [0.1, 0.15) is 16.6 Å². The number of hydrogen-bond acceptors (Lipinski definition) is 2. The van der Waals surface area contributed by atoms with E-state index in [0.717, 1.165) is 6.07 Å². The van der Waals surface area contributed by atoms with Crippen LogP contribution in [-0.2, 0) is 6.42 Å². The van der Waals surface area contributed by atoms with Crippen LogP contribution in [-0.4, -0.2) is 10.6 Å². The number of phenols is 1. The van der Waals surface area contributed by atoms with E-state index >= 15 is 0 Å². The molecule has 2 nitrogen and oxygen atoms in total. The van der Waals surface area contributed by atoms with Gasteiger partial charge in [0.05, 0.1) is 0 Å². The van der Waals surface area contributed by atoms with Gasteiger partial charge in [0.2, 0.25) is 0 Å². The Morgan fingerprint density at radius 1 is 1.47 bits per heavy atom. The molecule has 0 saturated heterocycles. The molecule has 0 radical (unpaired) electrons. The molecule has 5 heteroatoms. The first-order chi connectivity index (χ1) is 6.72. The van der Waals surface area contributed by atoms with Crippen LogP contribution < -0.4 is 5.73 Å². The van der Waals surface area contributed by atoms with Gasteiger partial charge in [0.25, 0.3) is 0 Å². The third kappa shape index (κ3) is 2.79. The average Bonchev–Trinajstić information content (AvgIpc) is 2.07. The summed E-state index contributed by atoms with van der Waals surface area (Å²) in [7, 11) is 0. The summed E-state index contributed by atoms with van der Waals surface area (Å²) in [4.78, 5) is 0. The van der Waals surface area contributed by atoms with E-state index in [9.17, 15) is 13.9 Å². The molecule has 0 aliphatic rings. The monoisotopic (exact) mass is 235 g/mol. The van der Waals surface area contributed by atoms with Crippen molar-refractivity contribution in [1.82, 2.24) is 0 Å². The number of hydrogen-bond donors (Lipinski definition) is 2. The Hall–Kier alpha value is -0.870. The molecule has 0 heterocycles. The third-order valence-corrected chi connectivity index (χ3v) is 2.22. The zero-order chi connectivity index (χ0) is 11.8. The third-order valence-electron chi connectivity index (χ3n) is 1.87. The zero-order valence-electron chi connectivity index (χ0n) is 8.44. The maximum Gasteiger partial charge on any atom is 0.151 e. The average molecular weight is 236 g/mol. The van der Waals surface area contributed by atoms with E-state index < -0.39 is 27.9 Å². The maximum absolute atomic E-state index is 13.5. The molecule has 0 aliphatic carbocycles. The fraction of sp³-hybridized carbons (Fsp3) is 0.400. The van der Waals surface area contributed by atoms with E-state index in [4.69, 9.17) is 17.3 Å². The summed E-state index contributed by atoms with van der Waals surface area (Å²) in [5, 5.41) is 8.75. The molecule has 15 heavy (non-hydrogen) atoms. The van der Waals surface area contributed by atoms with E-state index in [-0.39, 0.29) is 12.0 Å². The van der Waals surface area contributed by atoms with Crippen molar-refractivity contribution in [2.45, 2.75) is 25.8 Å². The Morgan fingerprint density at radius 2 is 2.00 bits per heavy atom. The van der Waals surface area contributed by atoms with Gasteiger partial charge in [-0.1, -0.05) is 11.6 Å². The van der Waals surface area contributed by atoms with Crippen LogP contribution >= 0.6 is 11.6 Å². The van der Waals surface area contributed by atoms with Crippen LogP contribution in [0.5, 0.6) is 5.75 Å². The molecule has 0 atom stereocenters. The molecular formula is C10H12ClF2NO. The lowest BCUT2D eigenvalue weighted by Crippen LogP contribution is -2.34. The standard InChI is InChI=1S/C10H12ClF2NO/c1-10(2,14)4-5-7(15)3-6(12)8(11)9(5)13/h3,15H,4,14H2,1-2H3. The molecule has 1 aromatic rings. The topological polar surface area (TPSA) is 46.2 Å². The summed E-state index contributed by atoms with van der Waals surface area (Å²) in [5.74, 6) is -2.40. The number of aromatic hydroxyl groups is 1. The van der Waals surface area contributed by atoms with Crippen LogP contribution in [0.2, 0.25) is 5.02 Å². The first kappa shape index (κ1) is 12.2. The van der Waals surface area contributed by atoms with E-state index in [1.165, 1.54) is 0 Å². The van der Waals surface area contributed by atoms with Gasteiger partial charge in [-0.3, -0.25) is 0 Å². The van der Waals surface area contributed by atoms with Gasteiger partial charge < -0.3 is 10.8 Å². The lowest BCUT2D eigenvalue weighted by atomic mass is 9.95. The summed E-state index contributed by atoms with van der Waals surface area (Å²) < 4.78 is 26.4. The number of nitrogens with two attached hydrogens (primary N) is 1. The molecule has 0 aromatic heterocycles. The number of rotatable bonds is 2. The highest BCUT2D eigenvalue weighted by Gasteiger charge is 2.22. The Balaban J connectivity index is 3.24.